The van der Waals surface area contributed by atoms with Crippen LogP contribution in [0.5, 0.6) is 5.75 Å². The lowest BCUT2D eigenvalue weighted by molar-refractivity contribution is -0.137. The highest BCUT2D eigenvalue weighted by Gasteiger charge is 2.30. The van der Waals surface area contributed by atoms with Crippen molar-refractivity contribution in [2.45, 2.75) is 6.18 Å². The van der Waals surface area contributed by atoms with Gasteiger partial charge in [0.1, 0.15) is 12.4 Å². The molecule has 0 aliphatic rings. The lowest BCUT2D eigenvalue weighted by Crippen LogP contribution is -2.07. The fourth-order valence-corrected chi connectivity index (χ4v) is 3.83. The average Bonchev–Trinajstić information content (AvgIpc) is 3.33. The zero-order chi connectivity index (χ0) is 21.8. The number of halogens is 4. The fraction of sp³-hybridized carbons (Fsp3) is 0.143. The molecule has 31 heavy (non-hydrogen) atoms. The smallest absolute Gasteiger partial charge is 0.416 e. The average molecular weight is 510 g/mol. The second kappa shape index (κ2) is 9.11. The summed E-state index contributed by atoms with van der Waals surface area (Å²) < 4.78 is 46.4. The Morgan fingerprint density at radius 1 is 1.13 bits per heavy atom. The van der Waals surface area contributed by atoms with Gasteiger partial charge in [-0.3, -0.25) is 4.40 Å². The number of ether oxygens (including phenoxy) is 1. The van der Waals surface area contributed by atoms with E-state index in [2.05, 4.69) is 26.1 Å². The van der Waals surface area contributed by atoms with Crippen LogP contribution in [0.3, 0.4) is 0 Å². The Morgan fingerprint density at radius 2 is 1.94 bits per heavy atom. The molecule has 2 heterocycles. The Bertz CT molecular complexity index is 1200. The zero-order valence-electron chi connectivity index (χ0n) is 15.8. The predicted octanol–water partition coefficient (Wildman–Crippen LogP) is 6.27. The molecule has 10 heteroatoms. The highest BCUT2D eigenvalue weighted by atomic mass is 79.9. The van der Waals surface area contributed by atoms with E-state index >= 15 is 0 Å². The van der Waals surface area contributed by atoms with E-state index in [0.29, 0.717) is 0 Å². The molecule has 4 rings (SSSR count). The number of alkyl halides is 3. The van der Waals surface area contributed by atoms with Gasteiger partial charge in [-0.05, 0) is 30.3 Å². The first kappa shape index (κ1) is 21.4. The molecule has 0 fully saturated rings. The summed E-state index contributed by atoms with van der Waals surface area (Å²) in [4.78, 5) is 10.7. The normalized spacial score (nSPS) is 12.0. The maximum atomic E-state index is 12.7. The van der Waals surface area contributed by atoms with Gasteiger partial charge in [0.25, 0.3) is 0 Å². The van der Waals surface area contributed by atoms with Crippen LogP contribution in [0.2, 0.25) is 0 Å². The van der Waals surface area contributed by atoms with Gasteiger partial charge in [-0.1, -0.05) is 39.3 Å². The van der Waals surface area contributed by atoms with Gasteiger partial charge in [-0.15, -0.1) is 11.3 Å². The lowest BCUT2D eigenvalue weighted by atomic mass is 10.1. The molecule has 0 aliphatic heterocycles. The molecule has 0 unspecified atom stereocenters. The number of benzene rings is 2. The molecule has 0 amide bonds. The summed E-state index contributed by atoms with van der Waals surface area (Å²) in [6.07, 6.45) is -0.952. The van der Waals surface area contributed by atoms with Crippen LogP contribution in [-0.2, 0) is 11.0 Å². The summed E-state index contributed by atoms with van der Waals surface area (Å²) in [6, 6.07) is 12.5. The van der Waals surface area contributed by atoms with Crippen LogP contribution in [0.4, 0.5) is 13.2 Å². The zero-order valence-corrected chi connectivity index (χ0v) is 18.2. The van der Waals surface area contributed by atoms with Gasteiger partial charge in [0, 0.05) is 21.6 Å². The second-order valence-electron chi connectivity index (χ2n) is 6.35. The Kier molecular flexibility index (Phi) is 6.28. The number of nitrogens with zero attached hydrogens (tertiary/aromatic N) is 3. The van der Waals surface area contributed by atoms with Crippen molar-refractivity contribution in [3.63, 3.8) is 0 Å². The quantitative estimate of drug-likeness (QED) is 0.167. The lowest BCUT2D eigenvalue weighted by Gasteiger charge is -2.09. The molecule has 0 N–H and O–H groups in total. The van der Waals surface area contributed by atoms with E-state index in [-0.39, 0.29) is 19.0 Å². The van der Waals surface area contributed by atoms with Gasteiger partial charge >= 0.3 is 6.18 Å². The van der Waals surface area contributed by atoms with E-state index in [4.69, 9.17) is 9.57 Å². The molecule has 5 nitrogen and oxygen atoms in total. The van der Waals surface area contributed by atoms with Crippen molar-refractivity contribution >= 4 is 38.4 Å². The van der Waals surface area contributed by atoms with Gasteiger partial charge in [-0.25, -0.2) is 4.98 Å². The SMILES string of the molecule is FC(F)(F)c1cccc(OCCO/N=C\c2c(-c3ccc(Br)cc3)nc3sccn23)c1. The Balaban J connectivity index is 1.39. The maximum Gasteiger partial charge on any atom is 0.416 e. The van der Waals surface area contributed by atoms with E-state index in [1.807, 2.05) is 40.2 Å². The van der Waals surface area contributed by atoms with Gasteiger partial charge < -0.3 is 9.57 Å². The molecule has 2 aromatic heterocycles. The standard InChI is InChI=1S/C21H15BrF3N3O2S/c22-16-6-4-14(5-7-16)19-18(28-8-11-31-20(28)27-19)13-26-30-10-9-29-17-3-1-2-15(12-17)21(23,24)25/h1-8,11-13H,9-10H2/b26-13-. The Labute approximate surface area is 187 Å². The summed E-state index contributed by atoms with van der Waals surface area (Å²) in [5, 5.41) is 5.91. The minimum absolute atomic E-state index is 0.0541. The minimum atomic E-state index is -4.41. The molecule has 0 saturated carbocycles. The predicted molar refractivity (Wildman–Crippen MR) is 117 cm³/mol. The largest absolute Gasteiger partial charge is 0.490 e. The number of rotatable bonds is 7. The number of hydrogen-bond donors (Lipinski definition) is 0. The number of imidazole rings is 1. The topological polar surface area (TPSA) is 48.1 Å². The molecule has 4 aromatic rings. The van der Waals surface area contributed by atoms with Crippen LogP contribution in [0.1, 0.15) is 11.3 Å². The van der Waals surface area contributed by atoms with Crippen LogP contribution in [0.25, 0.3) is 16.2 Å². The van der Waals surface area contributed by atoms with E-state index in [9.17, 15) is 13.2 Å². The first-order valence-corrected chi connectivity index (χ1v) is 10.8. The second-order valence-corrected chi connectivity index (χ2v) is 8.14. The summed E-state index contributed by atoms with van der Waals surface area (Å²) in [7, 11) is 0. The third kappa shape index (κ3) is 5.08. The molecule has 0 radical (unpaired) electrons. The highest BCUT2D eigenvalue weighted by Crippen LogP contribution is 2.31. The summed E-state index contributed by atoms with van der Waals surface area (Å²) in [6.45, 7) is 0.129. The van der Waals surface area contributed by atoms with Gasteiger partial charge in [-0.2, -0.15) is 13.2 Å². The monoisotopic (exact) mass is 509 g/mol. The fourth-order valence-electron chi connectivity index (χ4n) is 2.85. The van der Waals surface area contributed by atoms with Crippen molar-refractivity contribution in [3.05, 3.63) is 75.8 Å². The molecule has 0 atom stereocenters. The Morgan fingerprint density at radius 3 is 2.71 bits per heavy atom. The van der Waals surface area contributed by atoms with E-state index in [1.54, 1.807) is 6.21 Å². The molecule has 0 spiro atoms. The van der Waals surface area contributed by atoms with E-state index < -0.39 is 11.7 Å². The maximum absolute atomic E-state index is 12.7. The summed E-state index contributed by atoms with van der Waals surface area (Å²) >= 11 is 4.93. The van der Waals surface area contributed by atoms with Crippen LogP contribution in [0, 0.1) is 0 Å². The van der Waals surface area contributed by atoms with Gasteiger partial charge in [0.15, 0.2) is 11.6 Å². The van der Waals surface area contributed by atoms with Crippen LogP contribution in [0.15, 0.2) is 69.7 Å². The number of oxime groups is 1. The number of fused-ring (bicyclic) bond motifs is 1. The van der Waals surface area contributed by atoms with E-state index in [1.165, 1.54) is 23.5 Å². The molecule has 0 bridgehead atoms. The van der Waals surface area contributed by atoms with Crippen LogP contribution in [-0.4, -0.2) is 28.8 Å². The number of aromatic nitrogens is 2. The van der Waals surface area contributed by atoms with Crippen molar-refractivity contribution in [2.75, 3.05) is 13.2 Å². The molecule has 0 saturated heterocycles. The van der Waals surface area contributed by atoms with Gasteiger partial charge in [0.2, 0.25) is 0 Å². The van der Waals surface area contributed by atoms with Crippen molar-refractivity contribution in [3.8, 4) is 17.0 Å². The molecule has 2 aromatic carbocycles. The van der Waals surface area contributed by atoms with Crippen molar-refractivity contribution in [2.24, 2.45) is 5.16 Å². The Hall–Kier alpha value is -2.85. The third-order valence-corrected chi connectivity index (χ3v) is 5.56. The first-order valence-electron chi connectivity index (χ1n) is 9.09. The molecular formula is C21H15BrF3N3O2S. The number of hydrogen-bond acceptors (Lipinski definition) is 5. The van der Waals surface area contributed by atoms with E-state index in [0.717, 1.165) is 38.5 Å². The van der Waals surface area contributed by atoms with Crippen molar-refractivity contribution in [1.29, 1.82) is 0 Å². The first-order chi connectivity index (χ1) is 14.9. The molecular weight excluding hydrogens is 495 g/mol. The van der Waals surface area contributed by atoms with Gasteiger partial charge in [0.05, 0.1) is 23.2 Å². The molecule has 160 valence electrons. The van der Waals surface area contributed by atoms with Crippen LogP contribution < -0.4 is 4.74 Å². The summed E-state index contributed by atoms with van der Waals surface area (Å²) in [5.41, 5.74) is 1.71. The highest BCUT2D eigenvalue weighted by molar-refractivity contribution is 9.10. The minimum Gasteiger partial charge on any atom is -0.490 e. The summed E-state index contributed by atoms with van der Waals surface area (Å²) in [5.74, 6) is 0.121. The molecule has 0 aliphatic carbocycles. The third-order valence-electron chi connectivity index (χ3n) is 4.27. The number of thiazole rings is 1. The van der Waals surface area contributed by atoms with Crippen LogP contribution >= 0.6 is 27.3 Å². The van der Waals surface area contributed by atoms with Crippen molar-refractivity contribution < 1.29 is 22.7 Å². The van der Waals surface area contributed by atoms with Crippen molar-refractivity contribution in [1.82, 2.24) is 9.38 Å².